The van der Waals surface area contributed by atoms with Crippen molar-refractivity contribution in [2.75, 3.05) is 13.7 Å². The number of aromatic nitrogens is 5. The van der Waals surface area contributed by atoms with E-state index >= 15 is 0 Å². The summed E-state index contributed by atoms with van der Waals surface area (Å²) in [5, 5.41) is 6.74. The number of methoxy groups -OCH3 is 1. The van der Waals surface area contributed by atoms with Crippen molar-refractivity contribution in [3.8, 4) is 5.75 Å². The Morgan fingerprint density at radius 1 is 1.17 bits per heavy atom. The van der Waals surface area contributed by atoms with Gasteiger partial charge in [-0.25, -0.2) is 14.7 Å². The van der Waals surface area contributed by atoms with Crippen LogP contribution in [-0.4, -0.2) is 49.2 Å². The van der Waals surface area contributed by atoms with Gasteiger partial charge in [0.25, 0.3) is 11.5 Å². The van der Waals surface area contributed by atoms with Gasteiger partial charge in [-0.2, -0.15) is 5.10 Å². The lowest BCUT2D eigenvalue weighted by molar-refractivity contribution is 0.0688. The lowest BCUT2D eigenvalue weighted by Gasteiger charge is -2.28. The average Bonchev–Trinajstić information content (AvgIpc) is 3.29. The smallest absolute Gasteiger partial charge is 0.343 e. The van der Waals surface area contributed by atoms with E-state index in [1.54, 1.807) is 9.47 Å². The van der Waals surface area contributed by atoms with Crippen molar-refractivity contribution in [3.05, 3.63) is 42.8 Å². The summed E-state index contributed by atoms with van der Waals surface area (Å²) in [7, 11) is 1.26. The Kier molecular flexibility index (Phi) is 4.67. The van der Waals surface area contributed by atoms with Gasteiger partial charge >= 0.3 is 11.4 Å². The van der Waals surface area contributed by atoms with E-state index in [-0.39, 0.29) is 29.1 Å². The molecule has 3 heterocycles. The van der Waals surface area contributed by atoms with Crippen LogP contribution in [0.3, 0.4) is 0 Å². The Balaban J connectivity index is 1.81. The second-order valence-electron chi connectivity index (χ2n) is 7.90. The van der Waals surface area contributed by atoms with Crippen molar-refractivity contribution < 1.29 is 9.53 Å². The van der Waals surface area contributed by atoms with E-state index in [1.807, 2.05) is 13.8 Å². The summed E-state index contributed by atoms with van der Waals surface area (Å²) in [6, 6.07) is -0.564. The normalized spacial score (nSPS) is 21.7. The van der Waals surface area contributed by atoms with Crippen molar-refractivity contribution in [2.24, 2.45) is 11.8 Å². The molecule has 1 aliphatic heterocycles. The molecule has 0 aromatic carbocycles. The zero-order valence-corrected chi connectivity index (χ0v) is 16.5. The number of hydrogen-bond acceptors (Lipinski definition) is 6. The Bertz CT molecular complexity index is 1100. The molecule has 11 heteroatoms. The van der Waals surface area contributed by atoms with Crippen LogP contribution >= 0.6 is 0 Å². The minimum Gasteiger partial charge on any atom is -0.489 e. The number of nitrogens with one attached hydrogen (secondary N) is 3. The first kappa shape index (κ1) is 19.2. The second kappa shape index (κ2) is 7.05. The predicted octanol–water partition coefficient (Wildman–Crippen LogP) is 0.151. The van der Waals surface area contributed by atoms with Crippen molar-refractivity contribution in [3.63, 3.8) is 0 Å². The third-order valence-corrected chi connectivity index (χ3v) is 5.76. The maximum Gasteiger partial charge on any atom is 0.343 e. The van der Waals surface area contributed by atoms with E-state index in [2.05, 4.69) is 20.2 Å². The first-order valence-corrected chi connectivity index (χ1v) is 9.71. The highest BCUT2D eigenvalue weighted by molar-refractivity contribution is 5.95. The number of carbonyl (C=O) groups excluding carboxylic acids is 1. The molecule has 1 aliphatic carbocycles. The zero-order chi connectivity index (χ0) is 20.9. The lowest BCUT2D eigenvalue weighted by Crippen LogP contribution is -2.38. The predicted molar refractivity (Wildman–Crippen MR) is 102 cm³/mol. The largest absolute Gasteiger partial charge is 0.489 e. The van der Waals surface area contributed by atoms with Crippen LogP contribution in [0, 0.1) is 11.8 Å². The van der Waals surface area contributed by atoms with Crippen LogP contribution in [0.1, 0.15) is 61.5 Å². The molecular formula is C18H24N6O5. The molecule has 3 N–H and O–H groups in total. The Morgan fingerprint density at radius 2 is 1.90 bits per heavy atom. The fraction of sp³-hybridized carbons (Fsp3) is 0.611. The maximum absolute atomic E-state index is 13.4. The van der Waals surface area contributed by atoms with Gasteiger partial charge in [0.1, 0.15) is 0 Å². The molecule has 0 bridgehead atoms. The van der Waals surface area contributed by atoms with Gasteiger partial charge in [-0.15, -0.1) is 0 Å². The highest BCUT2D eigenvalue weighted by Crippen LogP contribution is 2.50. The quantitative estimate of drug-likeness (QED) is 0.647. The number of nitrogens with zero attached hydrogens (tertiary/aromatic N) is 3. The highest BCUT2D eigenvalue weighted by atomic mass is 16.5. The molecule has 11 nitrogen and oxygen atoms in total. The molecule has 2 aromatic rings. The summed E-state index contributed by atoms with van der Waals surface area (Å²) in [6.45, 7) is 4.19. The summed E-state index contributed by atoms with van der Waals surface area (Å²) >= 11 is 0. The monoisotopic (exact) mass is 404 g/mol. The summed E-state index contributed by atoms with van der Waals surface area (Å²) in [4.78, 5) is 55.6. The van der Waals surface area contributed by atoms with E-state index in [9.17, 15) is 19.2 Å². The number of amides is 1. The Morgan fingerprint density at radius 3 is 2.52 bits per heavy atom. The number of carbonyl (C=O) groups is 1. The number of ether oxygens (including phenoxy) is 1. The number of H-pyrrole nitrogens is 3. The molecule has 2 aromatic heterocycles. The molecule has 2 atom stereocenters. The molecule has 1 saturated carbocycles. The maximum atomic E-state index is 13.4. The van der Waals surface area contributed by atoms with Gasteiger partial charge < -0.3 is 9.64 Å². The van der Waals surface area contributed by atoms with E-state index in [4.69, 9.17) is 4.74 Å². The van der Waals surface area contributed by atoms with Crippen molar-refractivity contribution in [2.45, 2.75) is 45.2 Å². The SMILES string of the molecule is COc1c(C(=O)N2CCC(C3CC3)C2c2n[nH]c(=O)n2C(C)C)[nH]c(=O)[nH]c1=O. The van der Waals surface area contributed by atoms with E-state index in [0.717, 1.165) is 19.3 Å². The first-order valence-electron chi connectivity index (χ1n) is 9.71. The highest BCUT2D eigenvalue weighted by Gasteiger charge is 2.48. The second-order valence-corrected chi connectivity index (χ2v) is 7.90. The third kappa shape index (κ3) is 3.19. The van der Waals surface area contributed by atoms with Crippen LogP contribution < -0.4 is 21.7 Å². The number of hydrogen-bond donors (Lipinski definition) is 3. The molecular weight excluding hydrogens is 380 g/mol. The van der Waals surface area contributed by atoms with Crippen molar-refractivity contribution in [1.29, 1.82) is 0 Å². The standard InChI is InChI=1S/C18H24N6O5/c1-8(2)24-14(21-22-18(24)28)12-10(9-4-5-9)6-7-23(12)16(26)11-13(29-3)15(25)20-17(27)19-11/h8-10,12H,4-7H2,1-3H3,(H,22,28)(H2,19,20,25,27). The lowest BCUT2D eigenvalue weighted by atomic mass is 9.94. The third-order valence-electron chi connectivity index (χ3n) is 5.76. The number of likely N-dealkylation sites (tertiary alicyclic amines) is 1. The molecule has 156 valence electrons. The van der Waals surface area contributed by atoms with Crippen LogP contribution in [0.4, 0.5) is 0 Å². The molecule has 0 spiro atoms. The van der Waals surface area contributed by atoms with Gasteiger partial charge in [0.2, 0.25) is 5.75 Å². The summed E-state index contributed by atoms with van der Waals surface area (Å²) in [5.41, 5.74) is -2.08. The van der Waals surface area contributed by atoms with Gasteiger partial charge in [0.15, 0.2) is 11.5 Å². The van der Waals surface area contributed by atoms with Crippen LogP contribution in [-0.2, 0) is 0 Å². The summed E-state index contributed by atoms with van der Waals surface area (Å²) < 4.78 is 6.63. The molecule has 2 unspecified atom stereocenters. The number of aromatic amines is 3. The minimum atomic E-state index is -0.785. The Labute approximate surface area is 165 Å². The Hall–Kier alpha value is -3.11. The molecule has 2 fully saturated rings. The molecule has 0 radical (unpaired) electrons. The van der Waals surface area contributed by atoms with Crippen molar-refractivity contribution in [1.82, 2.24) is 29.6 Å². The molecule has 1 saturated heterocycles. The van der Waals surface area contributed by atoms with Crippen LogP contribution in [0.15, 0.2) is 14.4 Å². The van der Waals surface area contributed by atoms with Crippen LogP contribution in [0.2, 0.25) is 0 Å². The first-order chi connectivity index (χ1) is 13.8. The van der Waals surface area contributed by atoms with Gasteiger partial charge in [0, 0.05) is 12.6 Å². The van der Waals surface area contributed by atoms with Gasteiger partial charge in [-0.05, 0) is 44.9 Å². The minimum absolute atomic E-state index is 0.137. The zero-order valence-electron chi connectivity index (χ0n) is 16.5. The fourth-order valence-corrected chi connectivity index (χ4v) is 4.38. The van der Waals surface area contributed by atoms with Gasteiger partial charge in [-0.3, -0.25) is 24.1 Å². The average molecular weight is 404 g/mol. The van der Waals surface area contributed by atoms with Crippen LogP contribution in [0.5, 0.6) is 5.75 Å². The molecule has 1 amide bonds. The summed E-state index contributed by atoms with van der Waals surface area (Å²) in [6.07, 6.45) is 2.91. The molecule has 29 heavy (non-hydrogen) atoms. The van der Waals surface area contributed by atoms with E-state index in [0.29, 0.717) is 18.3 Å². The van der Waals surface area contributed by atoms with Gasteiger partial charge in [0.05, 0.1) is 13.2 Å². The van der Waals surface area contributed by atoms with Crippen molar-refractivity contribution >= 4 is 5.91 Å². The number of rotatable bonds is 5. The fourth-order valence-electron chi connectivity index (χ4n) is 4.38. The van der Waals surface area contributed by atoms with Gasteiger partial charge in [-0.1, -0.05) is 0 Å². The molecule has 4 rings (SSSR count). The van der Waals surface area contributed by atoms with E-state index in [1.165, 1.54) is 7.11 Å². The topological polar surface area (TPSA) is 146 Å². The van der Waals surface area contributed by atoms with Crippen LogP contribution in [0.25, 0.3) is 0 Å². The van der Waals surface area contributed by atoms with E-state index < -0.39 is 23.2 Å². The summed E-state index contributed by atoms with van der Waals surface area (Å²) in [5.74, 6) is 0.353. The molecule has 2 aliphatic rings.